The highest BCUT2D eigenvalue weighted by molar-refractivity contribution is 5.75. The fraction of sp³-hybridized carbons (Fsp3) is 0.368. The molecule has 2 aromatic rings. The number of fused-ring (bicyclic) bond motifs is 5. The lowest BCUT2D eigenvalue weighted by atomic mass is 9.95. The molecule has 108 valence electrons. The third-order valence-corrected chi connectivity index (χ3v) is 4.93. The molecule has 0 amide bonds. The van der Waals surface area contributed by atoms with E-state index in [9.17, 15) is 0 Å². The Morgan fingerprint density at radius 2 is 1.38 bits per heavy atom. The van der Waals surface area contributed by atoms with Gasteiger partial charge < -0.3 is 9.64 Å². The fourth-order valence-corrected chi connectivity index (χ4v) is 3.39. The minimum Gasteiger partial charge on any atom is -0.359 e. The van der Waals surface area contributed by atoms with Gasteiger partial charge in [-0.25, -0.2) is 0 Å². The zero-order valence-corrected chi connectivity index (χ0v) is 12.8. The summed E-state index contributed by atoms with van der Waals surface area (Å²) in [5.41, 5.74) is 5.30. The maximum atomic E-state index is 5.98. The summed E-state index contributed by atoms with van der Waals surface area (Å²) in [6.45, 7) is 6.89. The van der Waals surface area contributed by atoms with Crippen molar-refractivity contribution in [2.24, 2.45) is 0 Å². The van der Waals surface area contributed by atoms with Crippen molar-refractivity contribution in [1.82, 2.24) is 0 Å². The van der Waals surface area contributed by atoms with Crippen molar-refractivity contribution in [3.8, 4) is 0 Å². The lowest BCUT2D eigenvalue weighted by Gasteiger charge is -2.41. The second-order valence-corrected chi connectivity index (χ2v) is 6.60. The highest BCUT2D eigenvalue weighted by atomic mass is 16.6. The summed E-state index contributed by atoms with van der Waals surface area (Å²) in [5, 5.41) is 0. The van der Waals surface area contributed by atoms with E-state index < -0.39 is 0 Å². The van der Waals surface area contributed by atoms with E-state index in [4.69, 9.17) is 4.74 Å². The number of anilines is 2. The van der Waals surface area contributed by atoms with Crippen LogP contribution in [0.2, 0.25) is 0 Å². The predicted molar refractivity (Wildman–Crippen MR) is 86.0 cm³/mol. The first-order valence-electron chi connectivity index (χ1n) is 7.77. The Kier molecular flexibility index (Phi) is 2.67. The van der Waals surface area contributed by atoms with Crippen LogP contribution < -0.4 is 4.90 Å². The molecule has 2 atom stereocenters. The van der Waals surface area contributed by atoms with E-state index in [0.717, 1.165) is 6.42 Å². The Morgan fingerprint density at radius 3 is 1.86 bits per heavy atom. The second-order valence-electron chi connectivity index (χ2n) is 6.60. The first-order valence-corrected chi connectivity index (χ1v) is 7.77. The SMILES string of the molecule is CCC(C)(C)N1c2ccccc2C2OC2c2ccccc21. The van der Waals surface area contributed by atoms with Gasteiger partial charge in [-0.2, -0.15) is 0 Å². The van der Waals surface area contributed by atoms with Crippen molar-refractivity contribution in [3.05, 3.63) is 59.7 Å². The van der Waals surface area contributed by atoms with Crippen LogP contribution in [0, 0.1) is 0 Å². The van der Waals surface area contributed by atoms with Gasteiger partial charge in [-0.1, -0.05) is 43.3 Å². The van der Waals surface area contributed by atoms with Gasteiger partial charge in [0.15, 0.2) is 0 Å². The molecule has 1 saturated heterocycles. The van der Waals surface area contributed by atoms with Gasteiger partial charge in [-0.05, 0) is 32.4 Å². The maximum Gasteiger partial charge on any atom is 0.116 e. The molecule has 0 aliphatic carbocycles. The molecule has 0 spiro atoms. The molecule has 0 N–H and O–H groups in total. The monoisotopic (exact) mass is 279 g/mol. The Balaban J connectivity index is 2.00. The summed E-state index contributed by atoms with van der Waals surface area (Å²) in [5.74, 6) is 0. The lowest BCUT2D eigenvalue weighted by Crippen LogP contribution is -2.40. The molecule has 2 aliphatic heterocycles. The Labute approximate surface area is 126 Å². The molecule has 0 bridgehead atoms. The number of rotatable bonds is 2. The van der Waals surface area contributed by atoms with E-state index >= 15 is 0 Å². The lowest BCUT2D eigenvalue weighted by molar-refractivity contribution is 0.374. The average molecular weight is 279 g/mol. The number of para-hydroxylation sites is 2. The molecule has 4 rings (SSSR count). The van der Waals surface area contributed by atoms with Crippen molar-refractivity contribution >= 4 is 11.4 Å². The Hall–Kier alpha value is -1.80. The molecule has 0 aromatic heterocycles. The van der Waals surface area contributed by atoms with Crippen LogP contribution in [0.15, 0.2) is 48.5 Å². The first kappa shape index (κ1) is 12.9. The summed E-state index contributed by atoms with van der Waals surface area (Å²) in [7, 11) is 0. The van der Waals surface area contributed by atoms with E-state index in [1.807, 2.05) is 0 Å². The molecule has 2 heteroatoms. The number of nitrogens with zero attached hydrogens (tertiary/aromatic N) is 1. The maximum absolute atomic E-state index is 5.98. The van der Waals surface area contributed by atoms with E-state index in [-0.39, 0.29) is 17.7 Å². The van der Waals surface area contributed by atoms with Gasteiger partial charge >= 0.3 is 0 Å². The van der Waals surface area contributed by atoms with Crippen LogP contribution in [0.5, 0.6) is 0 Å². The van der Waals surface area contributed by atoms with Crippen LogP contribution in [-0.2, 0) is 4.74 Å². The van der Waals surface area contributed by atoms with Gasteiger partial charge in [-0.15, -0.1) is 0 Å². The zero-order chi connectivity index (χ0) is 14.6. The summed E-state index contributed by atoms with van der Waals surface area (Å²) in [6, 6.07) is 17.4. The first-order chi connectivity index (χ1) is 10.1. The molecule has 2 unspecified atom stereocenters. The molecule has 2 heterocycles. The number of ether oxygens (including phenoxy) is 1. The van der Waals surface area contributed by atoms with Crippen LogP contribution in [0.1, 0.15) is 50.5 Å². The standard InChI is InChI=1S/C19H21NO/c1-4-19(2,3)20-15-11-7-5-9-13(15)17-18(21-17)14-10-6-8-12-16(14)20/h5-12,17-18H,4H2,1-3H3. The van der Waals surface area contributed by atoms with Crippen LogP contribution in [0.4, 0.5) is 11.4 Å². The van der Waals surface area contributed by atoms with Crippen molar-refractivity contribution in [3.63, 3.8) is 0 Å². The van der Waals surface area contributed by atoms with E-state index in [1.165, 1.54) is 22.5 Å². The fourth-order valence-electron chi connectivity index (χ4n) is 3.39. The van der Waals surface area contributed by atoms with Crippen molar-refractivity contribution < 1.29 is 4.74 Å². The third kappa shape index (κ3) is 1.82. The molecule has 2 nitrogen and oxygen atoms in total. The number of epoxide rings is 1. The number of hydrogen-bond acceptors (Lipinski definition) is 2. The molecule has 0 radical (unpaired) electrons. The molecular weight excluding hydrogens is 258 g/mol. The largest absolute Gasteiger partial charge is 0.359 e. The number of hydrogen-bond donors (Lipinski definition) is 0. The normalized spacial score (nSPS) is 22.9. The van der Waals surface area contributed by atoms with E-state index in [2.05, 4.69) is 74.2 Å². The summed E-state index contributed by atoms with van der Waals surface area (Å²) in [4.78, 5) is 2.51. The average Bonchev–Trinajstić information content (AvgIpc) is 3.28. The van der Waals surface area contributed by atoms with Crippen LogP contribution in [-0.4, -0.2) is 5.54 Å². The van der Waals surface area contributed by atoms with Gasteiger partial charge in [0.1, 0.15) is 12.2 Å². The summed E-state index contributed by atoms with van der Waals surface area (Å²) < 4.78 is 5.98. The second kappa shape index (κ2) is 4.35. The van der Waals surface area contributed by atoms with Crippen molar-refractivity contribution in [2.75, 3.05) is 4.90 Å². The Bertz CT molecular complexity index is 640. The topological polar surface area (TPSA) is 15.8 Å². The van der Waals surface area contributed by atoms with Gasteiger partial charge in [0.25, 0.3) is 0 Å². The minimum atomic E-state index is 0.0724. The zero-order valence-electron chi connectivity index (χ0n) is 12.8. The molecule has 2 aromatic carbocycles. The minimum absolute atomic E-state index is 0.0724. The van der Waals surface area contributed by atoms with E-state index in [1.54, 1.807) is 0 Å². The molecule has 2 aliphatic rings. The smallest absolute Gasteiger partial charge is 0.116 e. The Morgan fingerprint density at radius 1 is 0.905 bits per heavy atom. The van der Waals surface area contributed by atoms with Gasteiger partial charge in [-0.3, -0.25) is 0 Å². The molecule has 21 heavy (non-hydrogen) atoms. The highest BCUT2D eigenvalue weighted by Gasteiger charge is 2.48. The quantitative estimate of drug-likeness (QED) is 0.707. The summed E-state index contributed by atoms with van der Waals surface area (Å²) in [6.07, 6.45) is 1.53. The van der Waals surface area contributed by atoms with Crippen LogP contribution in [0.3, 0.4) is 0 Å². The third-order valence-electron chi connectivity index (χ3n) is 4.93. The van der Waals surface area contributed by atoms with Gasteiger partial charge in [0.2, 0.25) is 0 Å². The van der Waals surface area contributed by atoms with Crippen LogP contribution in [0.25, 0.3) is 0 Å². The van der Waals surface area contributed by atoms with Gasteiger partial charge in [0, 0.05) is 28.0 Å². The van der Waals surface area contributed by atoms with E-state index in [0.29, 0.717) is 0 Å². The number of benzene rings is 2. The molecule has 0 saturated carbocycles. The van der Waals surface area contributed by atoms with Crippen LogP contribution >= 0.6 is 0 Å². The van der Waals surface area contributed by atoms with Crippen molar-refractivity contribution in [2.45, 2.75) is 44.9 Å². The van der Waals surface area contributed by atoms with Gasteiger partial charge in [0.05, 0.1) is 0 Å². The highest BCUT2D eigenvalue weighted by Crippen LogP contribution is 2.59. The molecule has 1 fully saturated rings. The van der Waals surface area contributed by atoms with Crippen molar-refractivity contribution in [1.29, 1.82) is 0 Å². The molecular formula is C19H21NO. The predicted octanol–water partition coefficient (Wildman–Crippen LogP) is 5.14. The summed E-state index contributed by atoms with van der Waals surface area (Å²) >= 11 is 0.